The minimum Gasteiger partial charge on any atom is -0.383 e. The highest BCUT2D eigenvalue weighted by atomic mass is 32.2. The van der Waals surface area contributed by atoms with E-state index < -0.39 is 10.0 Å². The summed E-state index contributed by atoms with van der Waals surface area (Å²) in [6, 6.07) is 3.02. The molecule has 0 fully saturated rings. The Morgan fingerprint density at radius 3 is 2.38 bits per heavy atom. The average molecular weight is 314 g/mol. The van der Waals surface area contributed by atoms with Crippen molar-refractivity contribution in [3.8, 4) is 0 Å². The van der Waals surface area contributed by atoms with Crippen LogP contribution in [0.5, 0.6) is 0 Å². The van der Waals surface area contributed by atoms with Crippen LogP contribution >= 0.6 is 0 Å². The van der Waals surface area contributed by atoms with Crippen molar-refractivity contribution in [1.29, 1.82) is 0 Å². The Kier molecular flexibility index (Phi) is 5.88. The van der Waals surface area contributed by atoms with Gasteiger partial charge in [-0.25, -0.2) is 13.6 Å². The highest BCUT2D eigenvalue weighted by molar-refractivity contribution is 7.89. The van der Waals surface area contributed by atoms with E-state index in [2.05, 4.69) is 0 Å². The van der Waals surface area contributed by atoms with E-state index in [4.69, 9.17) is 9.88 Å². The van der Waals surface area contributed by atoms with Gasteiger partial charge in [-0.3, -0.25) is 4.79 Å². The lowest BCUT2D eigenvalue weighted by Crippen LogP contribution is -2.34. The molecule has 1 aromatic carbocycles. The van der Waals surface area contributed by atoms with Crippen LogP contribution in [-0.4, -0.2) is 46.0 Å². The van der Waals surface area contributed by atoms with E-state index in [9.17, 15) is 13.2 Å². The summed E-state index contributed by atoms with van der Waals surface area (Å²) in [4.78, 5) is 14.1. The van der Waals surface area contributed by atoms with Crippen LogP contribution in [0.2, 0.25) is 0 Å². The molecule has 2 N–H and O–H groups in total. The number of methoxy groups -OCH3 is 1. The van der Waals surface area contributed by atoms with Crippen molar-refractivity contribution >= 4 is 15.9 Å². The number of hydrogen-bond donors (Lipinski definition) is 1. The average Bonchev–Trinajstić information content (AvgIpc) is 2.37. The van der Waals surface area contributed by atoms with E-state index >= 15 is 0 Å². The van der Waals surface area contributed by atoms with Crippen LogP contribution in [0.4, 0.5) is 0 Å². The molecule has 7 heteroatoms. The number of sulfonamides is 1. The molecule has 1 rings (SSSR count). The fraction of sp³-hybridized carbons (Fsp3) is 0.500. The lowest BCUT2D eigenvalue weighted by molar-refractivity contribution is 0.0705. The van der Waals surface area contributed by atoms with Crippen molar-refractivity contribution in [1.82, 2.24) is 4.90 Å². The molecule has 0 saturated carbocycles. The molecule has 0 unspecified atom stereocenters. The number of nitrogens with zero attached hydrogens (tertiary/aromatic N) is 1. The number of aryl methyl sites for hydroxylation is 2. The number of ether oxygens (including phenoxy) is 1. The third-order valence-electron chi connectivity index (χ3n) is 3.29. The second-order valence-corrected chi connectivity index (χ2v) is 6.39. The predicted octanol–water partition coefficient (Wildman–Crippen LogP) is 1.06. The summed E-state index contributed by atoms with van der Waals surface area (Å²) < 4.78 is 28.1. The molecule has 21 heavy (non-hydrogen) atoms. The van der Waals surface area contributed by atoms with E-state index in [1.54, 1.807) is 31.9 Å². The number of primary sulfonamides is 1. The van der Waals surface area contributed by atoms with E-state index in [1.165, 1.54) is 6.07 Å². The van der Waals surface area contributed by atoms with Gasteiger partial charge in [0.1, 0.15) is 0 Å². The van der Waals surface area contributed by atoms with Gasteiger partial charge in [-0.2, -0.15) is 0 Å². The summed E-state index contributed by atoms with van der Waals surface area (Å²) in [6.07, 6.45) is 0. The summed E-state index contributed by atoms with van der Waals surface area (Å²) in [6.45, 7) is 6.68. The first-order valence-electron chi connectivity index (χ1n) is 6.64. The first-order valence-corrected chi connectivity index (χ1v) is 8.19. The Balaban J connectivity index is 3.26. The zero-order chi connectivity index (χ0) is 16.2. The maximum Gasteiger partial charge on any atom is 0.254 e. The van der Waals surface area contributed by atoms with E-state index in [0.29, 0.717) is 30.8 Å². The smallest absolute Gasteiger partial charge is 0.254 e. The largest absolute Gasteiger partial charge is 0.383 e. The molecule has 0 aliphatic carbocycles. The molecule has 0 radical (unpaired) electrons. The van der Waals surface area contributed by atoms with Crippen LogP contribution in [-0.2, 0) is 14.8 Å². The van der Waals surface area contributed by atoms with E-state index in [0.717, 1.165) is 5.56 Å². The molecular weight excluding hydrogens is 292 g/mol. The van der Waals surface area contributed by atoms with Crippen molar-refractivity contribution in [3.05, 3.63) is 28.8 Å². The monoisotopic (exact) mass is 314 g/mol. The number of likely N-dealkylation sites (N-methyl/N-ethyl adjacent to an activating group) is 1. The van der Waals surface area contributed by atoms with Gasteiger partial charge in [0.2, 0.25) is 10.0 Å². The molecule has 0 aliphatic rings. The van der Waals surface area contributed by atoms with Gasteiger partial charge in [-0.05, 0) is 38.0 Å². The maximum absolute atomic E-state index is 12.5. The first kappa shape index (κ1) is 17.6. The second kappa shape index (κ2) is 7.02. The van der Waals surface area contributed by atoms with Crippen LogP contribution in [0.15, 0.2) is 17.0 Å². The van der Waals surface area contributed by atoms with Crippen LogP contribution in [0.1, 0.15) is 28.4 Å². The van der Waals surface area contributed by atoms with Crippen molar-refractivity contribution < 1.29 is 17.9 Å². The summed E-state index contributed by atoms with van der Waals surface area (Å²) in [5, 5.41) is 5.19. The van der Waals surface area contributed by atoms with Crippen molar-refractivity contribution in [2.75, 3.05) is 26.8 Å². The van der Waals surface area contributed by atoms with Gasteiger partial charge in [0.05, 0.1) is 11.5 Å². The molecule has 1 amide bonds. The molecule has 0 saturated heterocycles. The van der Waals surface area contributed by atoms with E-state index in [-0.39, 0.29) is 10.8 Å². The lowest BCUT2D eigenvalue weighted by Gasteiger charge is -2.22. The molecule has 118 valence electrons. The van der Waals surface area contributed by atoms with Crippen molar-refractivity contribution in [2.45, 2.75) is 25.7 Å². The van der Waals surface area contributed by atoms with Gasteiger partial charge in [-0.1, -0.05) is 6.07 Å². The molecule has 0 aromatic heterocycles. The van der Waals surface area contributed by atoms with Gasteiger partial charge in [0, 0.05) is 25.8 Å². The van der Waals surface area contributed by atoms with Gasteiger partial charge < -0.3 is 9.64 Å². The fourth-order valence-corrected chi connectivity index (χ4v) is 2.93. The topological polar surface area (TPSA) is 89.7 Å². The van der Waals surface area contributed by atoms with Crippen molar-refractivity contribution in [2.24, 2.45) is 5.14 Å². The molecular formula is C14H22N2O4S. The van der Waals surface area contributed by atoms with Gasteiger partial charge >= 0.3 is 0 Å². The standard InChI is InChI=1S/C14H22N2O4S/c1-5-16(6-7-20-4)14(17)12-9-13(21(15,18)19)11(3)8-10(12)2/h8-9H,5-7H2,1-4H3,(H2,15,18,19). The summed E-state index contributed by atoms with van der Waals surface area (Å²) >= 11 is 0. The number of nitrogens with two attached hydrogens (primary N) is 1. The molecule has 0 spiro atoms. The zero-order valence-electron chi connectivity index (χ0n) is 12.8. The first-order chi connectivity index (χ1) is 9.72. The van der Waals surface area contributed by atoms with Gasteiger partial charge in [0.25, 0.3) is 5.91 Å². The van der Waals surface area contributed by atoms with E-state index in [1.807, 2.05) is 6.92 Å². The van der Waals surface area contributed by atoms with Crippen LogP contribution in [0, 0.1) is 13.8 Å². The third-order valence-corrected chi connectivity index (χ3v) is 4.35. The Hall–Kier alpha value is -1.44. The quantitative estimate of drug-likeness (QED) is 0.850. The maximum atomic E-state index is 12.5. The number of amides is 1. The number of carbonyl (C=O) groups is 1. The molecule has 0 heterocycles. The molecule has 1 aromatic rings. The van der Waals surface area contributed by atoms with Gasteiger partial charge in [-0.15, -0.1) is 0 Å². The van der Waals surface area contributed by atoms with Crippen molar-refractivity contribution in [3.63, 3.8) is 0 Å². The Morgan fingerprint density at radius 2 is 1.90 bits per heavy atom. The normalized spacial score (nSPS) is 11.5. The highest BCUT2D eigenvalue weighted by Gasteiger charge is 2.20. The Labute approximate surface area is 125 Å². The second-order valence-electron chi connectivity index (χ2n) is 4.86. The molecule has 0 aliphatic heterocycles. The predicted molar refractivity (Wildman–Crippen MR) is 80.7 cm³/mol. The molecule has 0 atom stereocenters. The third kappa shape index (κ3) is 4.26. The Bertz CT molecular complexity index is 626. The van der Waals surface area contributed by atoms with Gasteiger partial charge in [0.15, 0.2) is 0 Å². The molecule has 6 nitrogen and oxygen atoms in total. The lowest BCUT2D eigenvalue weighted by atomic mass is 10.0. The SMILES string of the molecule is CCN(CCOC)C(=O)c1cc(S(N)(=O)=O)c(C)cc1C. The summed E-state index contributed by atoms with van der Waals surface area (Å²) in [5.74, 6) is -0.225. The number of benzene rings is 1. The summed E-state index contributed by atoms with van der Waals surface area (Å²) in [7, 11) is -2.29. The minimum absolute atomic E-state index is 0.0146. The molecule has 0 bridgehead atoms. The van der Waals surface area contributed by atoms with Crippen LogP contribution < -0.4 is 5.14 Å². The zero-order valence-corrected chi connectivity index (χ0v) is 13.7. The number of carbonyl (C=O) groups excluding carboxylic acids is 1. The fourth-order valence-electron chi connectivity index (χ4n) is 2.14. The summed E-state index contributed by atoms with van der Waals surface area (Å²) in [5.41, 5.74) is 1.61. The van der Waals surface area contributed by atoms with Crippen LogP contribution in [0.25, 0.3) is 0 Å². The number of hydrogen-bond acceptors (Lipinski definition) is 4. The number of rotatable bonds is 6. The highest BCUT2D eigenvalue weighted by Crippen LogP contribution is 2.21. The Morgan fingerprint density at radius 1 is 1.29 bits per heavy atom. The minimum atomic E-state index is -3.85. The van der Waals surface area contributed by atoms with Crippen LogP contribution in [0.3, 0.4) is 0 Å².